The van der Waals surface area contributed by atoms with Gasteiger partial charge < -0.3 is 10.1 Å². The Morgan fingerprint density at radius 3 is 3.00 bits per heavy atom. The Kier molecular flexibility index (Phi) is 4.62. The predicted molar refractivity (Wildman–Crippen MR) is 90.3 cm³/mol. The van der Waals surface area contributed by atoms with E-state index in [1.165, 1.54) is 12.4 Å². The van der Waals surface area contributed by atoms with Gasteiger partial charge in [-0.1, -0.05) is 12.1 Å². The molecule has 0 saturated heterocycles. The summed E-state index contributed by atoms with van der Waals surface area (Å²) in [5.41, 5.74) is 2.29. The smallest absolute Gasteiger partial charge is 0.248 e. The molecule has 0 aliphatic rings. The molecule has 1 amide bonds. The van der Waals surface area contributed by atoms with Gasteiger partial charge in [0.2, 0.25) is 5.91 Å². The largest absolute Gasteiger partial charge is 0.495 e. The van der Waals surface area contributed by atoms with Crippen molar-refractivity contribution in [1.82, 2.24) is 20.2 Å². The Morgan fingerprint density at radius 1 is 1.29 bits per heavy atom. The molecule has 2 N–H and O–H groups in total. The minimum atomic E-state index is -0.243. The number of nitrogens with one attached hydrogen (secondary N) is 2. The fourth-order valence-corrected chi connectivity index (χ4v) is 2.08. The van der Waals surface area contributed by atoms with Crippen molar-refractivity contribution in [2.24, 2.45) is 0 Å². The highest BCUT2D eigenvalue weighted by Gasteiger charge is 2.03. The van der Waals surface area contributed by atoms with Gasteiger partial charge in [-0.3, -0.25) is 14.9 Å². The zero-order valence-corrected chi connectivity index (χ0v) is 12.9. The number of rotatable bonds is 5. The van der Waals surface area contributed by atoms with Crippen LogP contribution in [0.15, 0.2) is 55.1 Å². The number of hydrogen-bond donors (Lipinski definition) is 2. The van der Waals surface area contributed by atoms with E-state index >= 15 is 0 Å². The number of nitrogens with zero attached hydrogens (tertiary/aromatic N) is 3. The number of methoxy groups -OCH3 is 1. The number of carbonyl (C=O) groups excluding carboxylic acids is 1. The van der Waals surface area contributed by atoms with Gasteiger partial charge in [0.1, 0.15) is 12.1 Å². The van der Waals surface area contributed by atoms with Crippen LogP contribution in [0.5, 0.6) is 5.75 Å². The Hall–Kier alpha value is -3.48. The number of aromatic nitrogens is 4. The molecule has 0 radical (unpaired) electrons. The van der Waals surface area contributed by atoms with Crippen LogP contribution in [0.25, 0.3) is 17.5 Å². The minimum absolute atomic E-state index is 0.243. The molecule has 2 aromatic heterocycles. The van der Waals surface area contributed by atoms with E-state index in [2.05, 4.69) is 25.5 Å². The van der Waals surface area contributed by atoms with Crippen molar-refractivity contribution in [3.8, 4) is 17.1 Å². The first kappa shape index (κ1) is 15.4. The van der Waals surface area contributed by atoms with Crippen LogP contribution >= 0.6 is 0 Å². The third-order valence-electron chi connectivity index (χ3n) is 3.22. The van der Waals surface area contributed by atoms with Gasteiger partial charge >= 0.3 is 0 Å². The molecule has 1 aromatic carbocycles. The van der Waals surface area contributed by atoms with Gasteiger partial charge in [-0.2, -0.15) is 5.10 Å². The van der Waals surface area contributed by atoms with Crippen molar-refractivity contribution in [1.29, 1.82) is 0 Å². The van der Waals surface area contributed by atoms with Gasteiger partial charge in [-0.25, -0.2) is 4.98 Å². The molecule has 3 rings (SSSR count). The molecule has 0 saturated carbocycles. The number of amides is 1. The van der Waals surface area contributed by atoms with Crippen molar-refractivity contribution in [3.05, 3.63) is 60.7 Å². The van der Waals surface area contributed by atoms with Gasteiger partial charge in [0, 0.05) is 23.5 Å². The summed E-state index contributed by atoms with van der Waals surface area (Å²) in [5.74, 6) is 1.04. The average molecular weight is 321 g/mol. The van der Waals surface area contributed by atoms with Gasteiger partial charge in [0.25, 0.3) is 0 Å². The normalized spacial score (nSPS) is 10.7. The number of benzene rings is 1. The first-order valence-corrected chi connectivity index (χ1v) is 7.18. The molecule has 3 aromatic rings. The van der Waals surface area contributed by atoms with Crippen LogP contribution in [0, 0.1) is 0 Å². The second-order valence-electron chi connectivity index (χ2n) is 4.90. The molecule has 0 bridgehead atoms. The summed E-state index contributed by atoms with van der Waals surface area (Å²) < 4.78 is 5.09. The van der Waals surface area contributed by atoms with Crippen LogP contribution in [0.2, 0.25) is 0 Å². The summed E-state index contributed by atoms with van der Waals surface area (Å²) in [4.78, 5) is 20.2. The van der Waals surface area contributed by atoms with E-state index in [1.807, 2.05) is 18.2 Å². The van der Waals surface area contributed by atoms with Crippen LogP contribution in [-0.4, -0.2) is 33.2 Å². The van der Waals surface area contributed by atoms with Crippen molar-refractivity contribution >= 4 is 17.7 Å². The summed E-state index contributed by atoms with van der Waals surface area (Å²) in [6.45, 7) is 0. The second-order valence-corrected chi connectivity index (χ2v) is 4.90. The maximum absolute atomic E-state index is 12.1. The van der Waals surface area contributed by atoms with Crippen molar-refractivity contribution in [2.45, 2.75) is 0 Å². The minimum Gasteiger partial charge on any atom is -0.495 e. The molecule has 0 unspecified atom stereocenters. The monoisotopic (exact) mass is 321 g/mol. The van der Waals surface area contributed by atoms with E-state index in [-0.39, 0.29) is 5.91 Å². The predicted octanol–water partition coefficient (Wildman–Crippen LogP) is 2.53. The molecular formula is C17H15N5O2. The number of H-pyrrole nitrogens is 1. The van der Waals surface area contributed by atoms with Crippen molar-refractivity contribution < 1.29 is 9.53 Å². The fraction of sp³-hybridized carbons (Fsp3) is 0.0588. The van der Waals surface area contributed by atoms with Crippen LogP contribution < -0.4 is 10.1 Å². The molecule has 0 spiro atoms. The number of hydrogen-bond acceptors (Lipinski definition) is 5. The van der Waals surface area contributed by atoms with E-state index in [1.54, 1.807) is 37.7 Å². The zero-order chi connectivity index (χ0) is 16.8. The van der Waals surface area contributed by atoms with Crippen LogP contribution in [0.3, 0.4) is 0 Å². The molecule has 0 aliphatic carbocycles. The lowest BCUT2D eigenvalue weighted by Gasteiger charge is -2.04. The maximum atomic E-state index is 12.1. The molecular weight excluding hydrogens is 306 g/mol. The number of pyridine rings is 1. The Labute approximate surface area is 138 Å². The summed E-state index contributed by atoms with van der Waals surface area (Å²) in [5, 5.41) is 9.40. The number of anilines is 1. The van der Waals surface area contributed by atoms with E-state index in [0.29, 0.717) is 17.3 Å². The lowest BCUT2D eigenvalue weighted by molar-refractivity contribution is -0.111. The maximum Gasteiger partial charge on any atom is 0.248 e. The highest BCUT2D eigenvalue weighted by atomic mass is 16.5. The standard InChI is InChI=1S/C17H15N5O2/c1-24-15-7-12(9-18-10-15)5-6-16(23)21-14-4-2-3-13(8-14)17-19-11-20-22-17/h2-11H,1H3,(H,21,23)(H,19,20,22)/b6-5+. The average Bonchev–Trinajstić information content (AvgIpc) is 3.15. The molecule has 7 nitrogen and oxygen atoms in total. The zero-order valence-electron chi connectivity index (χ0n) is 12.9. The summed E-state index contributed by atoms with van der Waals surface area (Å²) in [6, 6.07) is 9.14. The third-order valence-corrected chi connectivity index (χ3v) is 3.22. The summed E-state index contributed by atoms with van der Waals surface area (Å²) in [7, 11) is 1.57. The van der Waals surface area contributed by atoms with E-state index in [4.69, 9.17) is 4.74 Å². The van der Waals surface area contributed by atoms with Crippen molar-refractivity contribution in [3.63, 3.8) is 0 Å². The quantitative estimate of drug-likeness (QED) is 0.704. The number of ether oxygens (including phenoxy) is 1. The summed E-state index contributed by atoms with van der Waals surface area (Å²) in [6.07, 6.45) is 7.80. The lowest BCUT2D eigenvalue weighted by atomic mass is 10.2. The third kappa shape index (κ3) is 3.83. The molecule has 2 heterocycles. The topological polar surface area (TPSA) is 92.8 Å². The first-order valence-electron chi connectivity index (χ1n) is 7.18. The Bertz CT molecular complexity index is 859. The second kappa shape index (κ2) is 7.19. The van der Waals surface area contributed by atoms with E-state index in [9.17, 15) is 4.79 Å². The van der Waals surface area contributed by atoms with Gasteiger partial charge in [0.05, 0.1) is 13.3 Å². The van der Waals surface area contributed by atoms with Gasteiger partial charge in [0.15, 0.2) is 5.82 Å². The van der Waals surface area contributed by atoms with Crippen LogP contribution in [0.4, 0.5) is 5.69 Å². The highest BCUT2D eigenvalue weighted by Crippen LogP contribution is 2.18. The lowest BCUT2D eigenvalue weighted by Crippen LogP contribution is -2.07. The van der Waals surface area contributed by atoms with E-state index in [0.717, 1.165) is 11.1 Å². The summed E-state index contributed by atoms with van der Waals surface area (Å²) >= 11 is 0. The Morgan fingerprint density at radius 2 is 2.21 bits per heavy atom. The SMILES string of the molecule is COc1cncc(/C=C/C(=O)Nc2cccc(-c3ncn[nH]3)c2)c1. The van der Waals surface area contributed by atoms with E-state index < -0.39 is 0 Å². The first-order chi connectivity index (χ1) is 11.7. The van der Waals surface area contributed by atoms with Gasteiger partial charge in [-0.05, 0) is 29.8 Å². The number of aromatic amines is 1. The fourth-order valence-electron chi connectivity index (χ4n) is 2.08. The molecule has 0 fully saturated rings. The van der Waals surface area contributed by atoms with Gasteiger partial charge in [-0.15, -0.1) is 0 Å². The van der Waals surface area contributed by atoms with Crippen LogP contribution in [-0.2, 0) is 4.79 Å². The molecule has 120 valence electrons. The molecule has 0 atom stereocenters. The Balaban J connectivity index is 1.68. The molecule has 7 heteroatoms. The molecule has 24 heavy (non-hydrogen) atoms. The molecule has 0 aliphatic heterocycles. The van der Waals surface area contributed by atoms with Crippen LogP contribution in [0.1, 0.15) is 5.56 Å². The number of carbonyl (C=O) groups is 1. The van der Waals surface area contributed by atoms with Crippen molar-refractivity contribution in [2.75, 3.05) is 12.4 Å². The highest BCUT2D eigenvalue weighted by molar-refractivity contribution is 6.02.